The summed E-state index contributed by atoms with van der Waals surface area (Å²) in [5, 5.41) is 21.6. The van der Waals surface area contributed by atoms with E-state index in [0.717, 1.165) is 0 Å². The zero-order valence-electron chi connectivity index (χ0n) is 18.5. The van der Waals surface area contributed by atoms with Gasteiger partial charge in [-0.2, -0.15) is 0 Å². The van der Waals surface area contributed by atoms with Crippen LogP contribution < -0.4 is 0 Å². The number of carbonyl (C=O) groups is 3. The minimum atomic E-state index is -2.04. The second-order valence-electron chi connectivity index (χ2n) is 10.3. The van der Waals surface area contributed by atoms with E-state index in [1.165, 1.54) is 12.2 Å². The molecule has 0 aromatic carbocycles. The van der Waals surface area contributed by atoms with Crippen molar-refractivity contribution in [2.45, 2.75) is 77.2 Å². The lowest BCUT2D eigenvalue weighted by atomic mass is 9.44. The topological polar surface area (TPSA) is 101 Å². The Kier molecular flexibility index (Phi) is 4.82. The Hall–Kier alpha value is -2.02. The predicted molar refractivity (Wildman–Crippen MR) is 110 cm³/mol. The highest BCUT2D eigenvalue weighted by Gasteiger charge is 2.77. The highest BCUT2D eigenvalue weighted by molar-refractivity contribution is 6.01. The summed E-state index contributed by atoms with van der Waals surface area (Å²) in [5.41, 5.74) is -5.43. The van der Waals surface area contributed by atoms with Crippen LogP contribution in [0.2, 0.25) is 0 Å². The standard InChI is InChI=1S/C24H31FO6/c1-5-19(28)31-24(20(29)30)13(2)10-17-16-7-6-14-11-15(26)8-9-21(14,3)23(16,25)18(27)12-22(17,24)4/h8-9,11,13,16-18,27H,5-7,10,12H2,1-4H3,(H,29,30)/t13-,16-,17-,18-,21-,22-,23-,24-/m0/s1. The first kappa shape index (κ1) is 22.2. The summed E-state index contributed by atoms with van der Waals surface area (Å²) in [6, 6.07) is 0. The monoisotopic (exact) mass is 434 g/mol. The van der Waals surface area contributed by atoms with Crippen molar-refractivity contribution in [2.75, 3.05) is 0 Å². The number of carboxylic acid groups (broad SMARTS) is 1. The molecule has 0 aliphatic heterocycles. The van der Waals surface area contributed by atoms with Crippen LogP contribution in [0.3, 0.4) is 0 Å². The number of rotatable bonds is 3. The van der Waals surface area contributed by atoms with E-state index in [-0.39, 0.29) is 24.5 Å². The maximum Gasteiger partial charge on any atom is 0.349 e. The van der Waals surface area contributed by atoms with Gasteiger partial charge >= 0.3 is 11.9 Å². The Morgan fingerprint density at radius 2 is 1.97 bits per heavy atom. The van der Waals surface area contributed by atoms with Gasteiger partial charge in [-0.25, -0.2) is 9.18 Å². The van der Waals surface area contributed by atoms with E-state index < -0.39 is 52.0 Å². The van der Waals surface area contributed by atoms with Crippen molar-refractivity contribution >= 4 is 17.7 Å². The zero-order chi connectivity index (χ0) is 23.0. The molecule has 0 radical (unpaired) electrons. The predicted octanol–water partition coefficient (Wildman–Crippen LogP) is 3.38. The Morgan fingerprint density at radius 3 is 2.58 bits per heavy atom. The van der Waals surface area contributed by atoms with Crippen LogP contribution in [0.4, 0.5) is 4.39 Å². The molecule has 0 amide bonds. The van der Waals surface area contributed by atoms with Crippen molar-refractivity contribution in [1.29, 1.82) is 0 Å². The van der Waals surface area contributed by atoms with Crippen LogP contribution in [0.5, 0.6) is 0 Å². The molecule has 170 valence electrons. The molecule has 4 aliphatic carbocycles. The van der Waals surface area contributed by atoms with Crippen LogP contribution in [-0.4, -0.2) is 45.3 Å². The molecule has 0 heterocycles. The van der Waals surface area contributed by atoms with Gasteiger partial charge in [-0.15, -0.1) is 0 Å². The third kappa shape index (κ3) is 2.50. The van der Waals surface area contributed by atoms with Gasteiger partial charge in [-0.3, -0.25) is 9.59 Å². The first-order valence-corrected chi connectivity index (χ1v) is 11.1. The third-order valence-corrected chi connectivity index (χ3v) is 9.06. The number of aliphatic hydroxyl groups is 1. The van der Waals surface area contributed by atoms with Gasteiger partial charge in [0.05, 0.1) is 6.10 Å². The fraction of sp³-hybridized carbons (Fsp3) is 0.708. The second kappa shape index (κ2) is 6.74. The Bertz CT molecular complexity index is 910. The summed E-state index contributed by atoms with van der Waals surface area (Å²) < 4.78 is 22.7. The highest BCUT2D eigenvalue weighted by Crippen LogP contribution is 2.71. The van der Waals surface area contributed by atoms with Crippen molar-refractivity contribution in [3.05, 3.63) is 23.8 Å². The summed E-state index contributed by atoms with van der Waals surface area (Å²) in [7, 11) is 0. The molecular weight excluding hydrogens is 403 g/mol. The minimum Gasteiger partial charge on any atom is -0.478 e. The quantitative estimate of drug-likeness (QED) is 0.661. The average molecular weight is 435 g/mol. The number of halogens is 1. The SMILES string of the molecule is CCC(=O)O[C@]1(C(=O)O)[C@@H](C)C[C@H]2[C@@H]3CCC4=CC(=O)C=C[C@]4(C)[C@@]3(F)[C@@H](O)C[C@@]21C. The number of esters is 1. The third-order valence-electron chi connectivity index (χ3n) is 9.06. The number of hydrogen-bond donors (Lipinski definition) is 2. The molecule has 4 aliphatic rings. The van der Waals surface area contributed by atoms with Crippen molar-refractivity contribution in [2.24, 2.45) is 28.6 Å². The zero-order valence-corrected chi connectivity index (χ0v) is 18.5. The molecule has 3 fully saturated rings. The van der Waals surface area contributed by atoms with E-state index in [1.54, 1.807) is 33.8 Å². The second-order valence-corrected chi connectivity index (χ2v) is 10.3. The number of ether oxygens (including phenoxy) is 1. The van der Waals surface area contributed by atoms with Crippen LogP contribution in [-0.2, 0) is 19.1 Å². The first-order valence-electron chi connectivity index (χ1n) is 11.1. The van der Waals surface area contributed by atoms with E-state index in [9.17, 15) is 24.6 Å². The molecule has 0 bridgehead atoms. The van der Waals surface area contributed by atoms with Gasteiger partial charge in [0.25, 0.3) is 0 Å². The molecule has 0 aromatic heterocycles. The minimum absolute atomic E-state index is 0.0343. The van der Waals surface area contributed by atoms with Gasteiger partial charge in [0.15, 0.2) is 11.5 Å². The molecule has 2 N–H and O–H groups in total. The van der Waals surface area contributed by atoms with Gasteiger partial charge < -0.3 is 14.9 Å². The van der Waals surface area contributed by atoms with Gasteiger partial charge in [0.1, 0.15) is 0 Å². The number of ketones is 1. The number of allylic oxidation sites excluding steroid dienone is 4. The van der Waals surface area contributed by atoms with Gasteiger partial charge in [-0.1, -0.05) is 32.4 Å². The number of aliphatic hydroxyl groups excluding tert-OH is 1. The lowest BCUT2D eigenvalue weighted by molar-refractivity contribution is -0.234. The van der Waals surface area contributed by atoms with Crippen molar-refractivity contribution in [3.63, 3.8) is 0 Å². The largest absolute Gasteiger partial charge is 0.478 e. The van der Waals surface area contributed by atoms with E-state index in [0.29, 0.717) is 24.8 Å². The molecule has 4 rings (SSSR count). The number of carbonyl (C=O) groups excluding carboxylic acids is 2. The Balaban J connectivity index is 1.84. The van der Waals surface area contributed by atoms with Crippen LogP contribution in [0.25, 0.3) is 0 Å². The summed E-state index contributed by atoms with van der Waals surface area (Å²) in [4.78, 5) is 36.8. The maximum atomic E-state index is 17.1. The number of hydrogen-bond acceptors (Lipinski definition) is 5. The molecule has 0 unspecified atom stereocenters. The number of carboxylic acids is 1. The van der Waals surface area contributed by atoms with Crippen molar-refractivity contribution in [3.8, 4) is 0 Å². The van der Waals surface area contributed by atoms with Crippen molar-refractivity contribution in [1.82, 2.24) is 0 Å². The van der Waals surface area contributed by atoms with E-state index in [4.69, 9.17) is 4.74 Å². The Morgan fingerprint density at radius 1 is 1.29 bits per heavy atom. The molecule has 0 aromatic rings. The molecule has 7 heteroatoms. The molecule has 8 atom stereocenters. The number of aliphatic carboxylic acids is 1. The molecular formula is C24H31FO6. The fourth-order valence-electron chi connectivity index (χ4n) is 7.50. The first-order chi connectivity index (χ1) is 14.4. The van der Waals surface area contributed by atoms with E-state index in [2.05, 4.69) is 0 Å². The summed E-state index contributed by atoms with van der Waals surface area (Å²) in [6.07, 6.45) is 4.13. The molecule has 0 saturated heterocycles. The van der Waals surface area contributed by atoms with Crippen LogP contribution in [0, 0.1) is 28.6 Å². The van der Waals surface area contributed by atoms with Crippen LogP contribution in [0.15, 0.2) is 23.8 Å². The molecule has 31 heavy (non-hydrogen) atoms. The average Bonchev–Trinajstić information content (AvgIpc) is 2.91. The molecule has 6 nitrogen and oxygen atoms in total. The molecule has 3 saturated carbocycles. The highest BCUT2D eigenvalue weighted by atomic mass is 19.1. The van der Waals surface area contributed by atoms with Gasteiger partial charge in [0, 0.05) is 29.1 Å². The summed E-state index contributed by atoms with van der Waals surface area (Å²) in [6.45, 7) is 6.79. The number of alkyl halides is 1. The lowest BCUT2D eigenvalue weighted by Crippen LogP contribution is -2.69. The fourth-order valence-corrected chi connectivity index (χ4v) is 7.50. The maximum absolute atomic E-state index is 17.1. The van der Waals surface area contributed by atoms with Crippen LogP contribution >= 0.6 is 0 Å². The number of fused-ring (bicyclic) bond motifs is 5. The van der Waals surface area contributed by atoms with E-state index >= 15 is 4.39 Å². The normalized spacial score (nSPS) is 48.3. The van der Waals surface area contributed by atoms with Crippen LogP contribution in [0.1, 0.15) is 59.8 Å². The van der Waals surface area contributed by atoms with Crippen molar-refractivity contribution < 1.29 is 33.7 Å². The lowest BCUT2D eigenvalue weighted by Gasteiger charge is -2.62. The summed E-state index contributed by atoms with van der Waals surface area (Å²) >= 11 is 0. The van der Waals surface area contributed by atoms with E-state index in [1.807, 2.05) is 0 Å². The Labute approximate surface area is 181 Å². The molecule has 0 spiro atoms. The summed E-state index contributed by atoms with van der Waals surface area (Å²) in [5.74, 6) is -3.58. The smallest absolute Gasteiger partial charge is 0.349 e. The van der Waals surface area contributed by atoms with Gasteiger partial charge in [-0.05, 0) is 50.7 Å². The van der Waals surface area contributed by atoms with Gasteiger partial charge in [0.2, 0.25) is 5.60 Å².